The van der Waals surface area contributed by atoms with Crippen LogP contribution in [0, 0.1) is 6.92 Å². The largest absolute Gasteiger partial charge is 0.497 e. The minimum atomic E-state index is -0.252. The van der Waals surface area contributed by atoms with Gasteiger partial charge in [0.2, 0.25) is 0 Å². The van der Waals surface area contributed by atoms with E-state index in [9.17, 15) is 4.79 Å². The third-order valence-corrected chi connectivity index (χ3v) is 4.62. The summed E-state index contributed by atoms with van der Waals surface area (Å²) in [6.07, 6.45) is 0.844. The predicted octanol–water partition coefficient (Wildman–Crippen LogP) is 4.17. The monoisotopic (exact) mass is 367 g/mol. The van der Waals surface area contributed by atoms with Gasteiger partial charge < -0.3 is 23.9 Å². The Morgan fingerprint density at radius 2 is 2.07 bits per heavy atom. The molecule has 1 N–H and O–H groups in total. The number of para-hydroxylation sites is 2. The maximum atomic E-state index is 13.0. The number of rotatable bonds is 5. The van der Waals surface area contributed by atoms with Crippen LogP contribution in [0.5, 0.6) is 11.5 Å². The summed E-state index contributed by atoms with van der Waals surface area (Å²) in [5.74, 6) is 1.60. The predicted molar refractivity (Wildman–Crippen MR) is 102 cm³/mol. The van der Waals surface area contributed by atoms with Crippen molar-refractivity contribution in [1.82, 2.24) is 0 Å². The molecule has 1 unspecified atom stereocenters. The number of benzene rings is 2. The average Bonchev–Trinajstić information content (AvgIpc) is 3.29. The van der Waals surface area contributed by atoms with Crippen molar-refractivity contribution in [2.24, 2.45) is 0 Å². The van der Waals surface area contributed by atoms with Crippen LogP contribution in [0.1, 0.15) is 22.5 Å². The fourth-order valence-corrected chi connectivity index (χ4v) is 3.25. The van der Waals surface area contributed by atoms with Gasteiger partial charge >= 0.3 is 0 Å². The number of carbonyl (C=O) groups excluding carboxylic acids is 1. The highest BCUT2D eigenvalue weighted by Gasteiger charge is 2.22. The zero-order valence-corrected chi connectivity index (χ0v) is 15.3. The molecule has 1 aliphatic heterocycles. The molecule has 6 nitrogen and oxygen atoms in total. The van der Waals surface area contributed by atoms with Gasteiger partial charge in [-0.2, -0.15) is 0 Å². The highest BCUT2D eigenvalue weighted by atomic mass is 16.5. The quantitative estimate of drug-likeness (QED) is 0.733. The molecule has 1 amide bonds. The van der Waals surface area contributed by atoms with Gasteiger partial charge in [-0.05, 0) is 37.3 Å². The molecule has 4 rings (SSSR count). The Morgan fingerprint density at radius 3 is 2.85 bits per heavy atom. The summed E-state index contributed by atoms with van der Waals surface area (Å²) in [4.78, 5) is 13.0. The van der Waals surface area contributed by atoms with Crippen molar-refractivity contribution < 1.29 is 23.4 Å². The van der Waals surface area contributed by atoms with Crippen LogP contribution < -0.4 is 14.8 Å². The molecule has 3 aromatic rings. The van der Waals surface area contributed by atoms with Gasteiger partial charge in [-0.25, -0.2) is 0 Å². The molecule has 2 heterocycles. The van der Waals surface area contributed by atoms with Crippen LogP contribution in [-0.2, 0) is 4.74 Å². The SMILES string of the molecule is COc1ccc2oc(C)c(C(=O)Nc3ccccc3OC3CCOC3)c2c1. The first-order chi connectivity index (χ1) is 13.2. The smallest absolute Gasteiger partial charge is 0.259 e. The average molecular weight is 367 g/mol. The Labute approximate surface area is 157 Å². The number of hydrogen-bond acceptors (Lipinski definition) is 5. The summed E-state index contributed by atoms with van der Waals surface area (Å²) in [7, 11) is 1.59. The second-order valence-corrected chi connectivity index (χ2v) is 6.45. The highest BCUT2D eigenvalue weighted by molar-refractivity contribution is 6.13. The Hall–Kier alpha value is -2.99. The zero-order chi connectivity index (χ0) is 18.8. The van der Waals surface area contributed by atoms with Crippen LogP contribution in [0.3, 0.4) is 0 Å². The minimum absolute atomic E-state index is 0.00352. The Kier molecular flexibility index (Phi) is 4.73. The van der Waals surface area contributed by atoms with E-state index in [1.807, 2.05) is 24.3 Å². The number of aryl methyl sites for hydroxylation is 1. The number of ether oxygens (including phenoxy) is 3. The van der Waals surface area contributed by atoms with Crippen molar-refractivity contribution in [3.8, 4) is 11.5 Å². The molecule has 140 valence electrons. The van der Waals surface area contributed by atoms with E-state index in [1.54, 1.807) is 32.2 Å². The van der Waals surface area contributed by atoms with E-state index >= 15 is 0 Å². The number of nitrogens with one attached hydrogen (secondary N) is 1. The van der Waals surface area contributed by atoms with Crippen molar-refractivity contribution >= 4 is 22.6 Å². The van der Waals surface area contributed by atoms with E-state index in [2.05, 4.69) is 5.32 Å². The fraction of sp³-hybridized carbons (Fsp3) is 0.286. The van der Waals surface area contributed by atoms with Crippen LogP contribution in [0.25, 0.3) is 11.0 Å². The summed E-state index contributed by atoms with van der Waals surface area (Å²) in [5.41, 5.74) is 1.75. The second kappa shape index (κ2) is 7.32. The Balaban J connectivity index is 1.63. The topological polar surface area (TPSA) is 69.9 Å². The second-order valence-electron chi connectivity index (χ2n) is 6.45. The molecule has 2 aromatic carbocycles. The molecule has 1 saturated heterocycles. The number of anilines is 1. The number of furan rings is 1. The molecule has 1 fully saturated rings. The summed E-state index contributed by atoms with van der Waals surface area (Å²) >= 11 is 0. The number of amides is 1. The van der Waals surface area contributed by atoms with Crippen LogP contribution in [-0.4, -0.2) is 32.3 Å². The lowest BCUT2D eigenvalue weighted by molar-refractivity contribution is 0.102. The first-order valence-electron chi connectivity index (χ1n) is 8.87. The molecule has 0 bridgehead atoms. The molecule has 0 aliphatic carbocycles. The van der Waals surface area contributed by atoms with Crippen LogP contribution in [0.2, 0.25) is 0 Å². The molecule has 0 spiro atoms. The minimum Gasteiger partial charge on any atom is -0.497 e. The van der Waals surface area contributed by atoms with Gasteiger partial charge in [0.1, 0.15) is 28.9 Å². The number of methoxy groups -OCH3 is 1. The third kappa shape index (κ3) is 3.48. The number of hydrogen-bond donors (Lipinski definition) is 1. The normalized spacial score (nSPS) is 16.4. The summed E-state index contributed by atoms with van der Waals surface area (Å²) in [6, 6.07) is 12.8. The first kappa shape index (κ1) is 17.4. The van der Waals surface area contributed by atoms with Crippen molar-refractivity contribution in [2.45, 2.75) is 19.4 Å². The molecule has 1 atom stereocenters. The van der Waals surface area contributed by atoms with Crippen molar-refractivity contribution in [2.75, 3.05) is 25.6 Å². The van der Waals surface area contributed by atoms with E-state index in [4.69, 9.17) is 18.6 Å². The van der Waals surface area contributed by atoms with Gasteiger partial charge in [0.15, 0.2) is 0 Å². The molecule has 6 heteroatoms. The third-order valence-electron chi connectivity index (χ3n) is 4.62. The molecule has 1 aliphatic rings. The Morgan fingerprint density at radius 1 is 1.22 bits per heavy atom. The van der Waals surface area contributed by atoms with Gasteiger partial charge in [0.25, 0.3) is 5.91 Å². The molecule has 1 aromatic heterocycles. The summed E-state index contributed by atoms with van der Waals surface area (Å²) in [5, 5.41) is 3.67. The molecule has 27 heavy (non-hydrogen) atoms. The fourth-order valence-electron chi connectivity index (χ4n) is 3.25. The van der Waals surface area contributed by atoms with Crippen molar-refractivity contribution in [3.05, 3.63) is 53.8 Å². The first-order valence-corrected chi connectivity index (χ1v) is 8.87. The van der Waals surface area contributed by atoms with Gasteiger partial charge in [-0.1, -0.05) is 12.1 Å². The van der Waals surface area contributed by atoms with Gasteiger partial charge in [-0.3, -0.25) is 4.79 Å². The lowest BCUT2D eigenvalue weighted by atomic mass is 10.1. The highest BCUT2D eigenvalue weighted by Crippen LogP contribution is 2.31. The van der Waals surface area contributed by atoms with Crippen LogP contribution >= 0.6 is 0 Å². The van der Waals surface area contributed by atoms with E-state index in [0.29, 0.717) is 52.7 Å². The summed E-state index contributed by atoms with van der Waals surface area (Å²) < 4.78 is 22.4. The lowest BCUT2D eigenvalue weighted by Gasteiger charge is -2.16. The van der Waals surface area contributed by atoms with E-state index in [-0.39, 0.29) is 12.0 Å². The van der Waals surface area contributed by atoms with Gasteiger partial charge in [0, 0.05) is 11.8 Å². The maximum Gasteiger partial charge on any atom is 0.259 e. The molecular formula is C21H21NO5. The van der Waals surface area contributed by atoms with Gasteiger partial charge in [-0.15, -0.1) is 0 Å². The number of carbonyl (C=O) groups is 1. The molecule has 0 radical (unpaired) electrons. The zero-order valence-electron chi connectivity index (χ0n) is 15.3. The van der Waals surface area contributed by atoms with Crippen molar-refractivity contribution in [3.63, 3.8) is 0 Å². The van der Waals surface area contributed by atoms with Crippen molar-refractivity contribution in [1.29, 1.82) is 0 Å². The van der Waals surface area contributed by atoms with E-state index in [1.165, 1.54) is 0 Å². The van der Waals surface area contributed by atoms with Crippen LogP contribution in [0.15, 0.2) is 46.9 Å². The van der Waals surface area contributed by atoms with E-state index in [0.717, 1.165) is 6.42 Å². The summed E-state index contributed by atoms with van der Waals surface area (Å²) in [6.45, 7) is 3.04. The number of fused-ring (bicyclic) bond motifs is 1. The Bertz CT molecular complexity index is 972. The molecule has 0 saturated carbocycles. The lowest BCUT2D eigenvalue weighted by Crippen LogP contribution is -2.18. The maximum absolute atomic E-state index is 13.0. The standard InChI is InChI=1S/C21H21NO5/c1-13-20(16-11-14(24-2)7-8-18(16)26-13)21(23)22-17-5-3-4-6-19(17)27-15-9-10-25-12-15/h3-8,11,15H,9-10,12H2,1-2H3,(H,22,23). The van der Waals surface area contributed by atoms with Gasteiger partial charge in [0.05, 0.1) is 31.6 Å². The van der Waals surface area contributed by atoms with Crippen LogP contribution in [0.4, 0.5) is 5.69 Å². The van der Waals surface area contributed by atoms with E-state index < -0.39 is 0 Å². The molecular weight excluding hydrogens is 346 g/mol.